The average molecular weight is 307 g/mol. The third-order valence-corrected chi connectivity index (χ3v) is 3.93. The Bertz CT molecular complexity index is 606. The molecular weight excluding hydrogens is 292 g/mol. The van der Waals surface area contributed by atoms with Crippen molar-refractivity contribution >= 4 is 10.0 Å². The number of nitrogens with two attached hydrogens (primary N) is 1. The van der Waals surface area contributed by atoms with Gasteiger partial charge in [-0.2, -0.15) is 0 Å². The molecule has 0 aromatic heterocycles. The molecule has 1 aliphatic heterocycles. The molecular formula is C12H15F2NO4S. The SMILES string of the molecule is CC1CCC(COc2c(F)cc(F)cc2S(N)(=O)=O)O1. The Labute approximate surface area is 115 Å². The molecule has 5 nitrogen and oxygen atoms in total. The lowest BCUT2D eigenvalue weighted by molar-refractivity contribution is 0.0248. The molecule has 2 rings (SSSR count). The van der Waals surface area contributed by atoms with Gasteiger partial charge in [0.1, 0.15) is 17.3 Å². The van der Waals surface area contributed by atoms with Gasteiger partial charge in [-0.1, -0.05) is 0 Å². The second kappa shape index (κ2) is 5.63. The first-order valence-corrected chi connectivity index (χ1v) is 7.62. The fraction of sp³-hybridized carbons (Fsp3) is 0.500. The number of hydrogen-bond acceptors (Lipinski definition) is 4. The third kappa shape index (κ3) is 3.44. The van der Waals surface area contributed by atoms with Crippen LogP contribution in [0, 0.1) is 11.6 Å². The first kappa shape index (κ1) is 15.1. The summed E-state index contributed by atoms with van der Waals surface area (Å²) in [7, 11) is -4.28. The van der Waals surface area contributed by atoms with E-state index in [0.29, 0.717) is 12.1 Å². The van der Waals surface area contributed by atoms with E-state index in [1.165, 1.54) is 0 Å². The topological polar surface area (TPSA) is 78.6 Å². The van der Waals surface area contributed by atoms with Crippen molar-refractivity contribution in [3.8, 4) is 5.75 Å². The van der Waals surface area contributed by atoms with Crippen LogP contribution in [0.1, 0.15) is 19.8 Å². The van der Waals surface area contributed by atoms with Gasteiger partial charge >= 0.3 is 0 Å². The molecule has 2 atom stereocenters. The zero-order valence-corrected chi connectivity index (χ0v) is 11.6. The Morgan fingerprint density at radius 1 is 1.40 bits per heavy atom. The zero-order chi connectivity index (χ0) is 14.9. The van der Waals surface area contributed by atoms with Gasteiger partial charge in [-0.15, -0.1) is 0 Å². The van der Waals surface area contributed by atoms with Crippen molar-refractivity contribution in [3.05, 3.63) is 23.8 Å². The first-order valence-electron chi connectivity index (χ1n) is 6.07. The Hall–Kier alpha value is -1.25. The molecule has 20 heavy (non-hydrogen) atoms. The summed E-state index contributed by atoms with van der Waals surface area (Å²) in [6, 6.07) is 1.17. The fourth-order valence-corrected chi connectivity index (χ4v) is 2.76. The number of benzene rings is 1. The Morgan fingerprint density at radius 2 is 2.10 bits per heavy atom. The molecule has 1 aliphatic rings. The molecule has 1 heterocycles. The van der Waals surface area contributed by atoms with E-state index in [4.69, 9.17) is 14.6 Å². The molecule has 0 amide bonds. The van der Waals surface area contributed by atoms with E-state index in [0.717, 1.165) is 12.8 Å². The molecule has 1 aromatic carbocycles. The van der Waals surface area contributed by atoms with Crippen molar-refractivity contribution in [2.75, 3.05) is 6.61 Å². The predicted molar refractivity (Wildman–Crippen MR) is 66.8 cm³/mol. The van der Waals surface area contributed by atoms with Crippen molar-refractivity contribution in [2.45, 2.75) is 36.9 Å². The van der Waals surface area contributed by atoms with Gasteiger partial charge < -0.3 is 9.47 Å². The summed E-state index contributed by atoms with van der Waals surface area (Å²) >= 11 is 0. The monoisotopic (exact) mass is 307 g/mol. The lowest BCUT2D eigenvalue weighted by Crippen LogP contribution is -2.21. The molecule has 1 aromatic rings. The molecule has 0 radical (unpaired) electrons. The second-order valence-corrected chi connectivity index (χ2v) is 6.25. The highest BCUT2D eigenvalue weighted by Gasteiger charge is 2.25. The van der Waals surface area contributed by atoms with Crippen molar-refractivity contribution in [2.24, 2.45) is 5.14 Å². The van der Waals surface area contributed by atoms with Gasteiger partial charge in [0.25, 0.3) is 0 Å². The summed E-state index contributed by atoms with van der Waals surface area (Å²) in [5.74, 6) is -2.72. The van der Waals surface area contributed by atoms with E-state index in [-0.39, 0.29) is 18.8 Å². The van der Waals surface area contributed by atoms with Crippen LogP contribution in [0.15, 0.2) is 17.0 Å². The number of rotatable bonds is 4. The quantitative estimate of drug-likeness (QED) is 0.915. The fourth-order valence-electron chi connectivity index (χ4n) is 2.07. The summed E-state index contributed by atoms with van der Waals surface area (Å²) in [6.45, 7) is 1.88. The molecule has 0 saturated carbocycles. The summed E-state index contributed by atoms with van der Waals surface area (Å²) in [6.07, 6.45) is 1.42. The normalized spacial score (nSPS) is 23.0. The molecule has 2 N–H and O–H groups in total. The highest BCUT2D eigenvalue weighted by atomic mass is 32.2. The van der Waals surface area contributed by atoms with Crippen LogP contribution in [-0.4, -0.2) is 27.2 Å². The van der Waals surface area contributed by atoms with E-state index < -0.39 is 32.3 Å². The van der Waals surface area contributed by atoms with Crippen molar-refractivity contribution in [3.63, 3.8) is 0 Å². The minimum Gasteiger partial charge on any atom is -0.486 e. The average Bonchev–Trinajstić information content (AvgIpc) is 2.72. The van der Waals surface area contributed by atoms with Crippen LogP contribution in [0.4, 0.5) is 8.78 Å². The molecule has 0 spiro atoms. The number of ether oxygens (including phenoxy) is 2. The zero-order valence-electron chi connectivity index (χ0n) is 10.8. The van der Waals surface area contributed by atoms with Crippen molar-refractivity contribution in [1.29, 1.82) is 0 Å². The summed E-state index contributed by atoms with van der Waals surface area (Å²) in [5, 5.41) is 4.93. The smallest absolute Gasteiger partial charge is 0.241 e. The van der Waals surface area contributed by atoms with E-state index in [9.17, 15) is 17.2 Å². The highest BCUT2D eigenvalue weighted by molar-refractivity contribution is 7.89. The number of halogens is 2. The van der Waals surface area contributed by atoms with Crippen molar-refractivity contribution < 1.29 is 26.7 Å². The Kier molecular flexibility index (Phi) is 4.26. The molecule has 8 heteroatoms. The van der Waals surface area contributed by atoms with Gasteiger partial charge in [0.2, 0.25) is 10.0 Å². The van der Waals surface area contributed by atoms with Gasteiger partial charge in [0, 0.05) is 6.07 Å². The van der Waals surface area contributed by atoms with Crippen LogP contribution in [0.2, 0.25) is 0 Å². The van der Waals surface area contributed by atoms with Gasteiger partial charge in [-0.05, 0) is 25.8 Å². The molecule has 0 aliphatic carbocycles. The molecule has 0 bridgehead atoms. The highest BCUT2D eigenvalue weighted by Crippen LogP contribution is 2.29. The van der Waals surface area contributed by atoms with Crippen LogP contribution in [0.5, 0.6) is 5.75 Å². The van der Waals surface area contributed by atoms with Gasteiger partial charge in [-0.25, -0.2) is 22.3 Å². The predicted octanol–water partition coefficient (Wildman–Crippen LogP) is 1.56. The molecule has 1 saturated heterocycles. The van der Waals surface area contributed by atoms with Crippen LogP contribution >= 0.6 is 0 Å². The minimum absolute atomic E-state index is 0.0184. The maximum atomic E-state index is 13.7. The third-order valence-electron chi connectivity index (χ3n) is 3.01. The van der Waals surface area contributed by atoms with Gasteiger partial charge in [-0.3, -0.25) is 0 Å². The first-order chi connectivity index (χ1) is 9.27. The van der Waals surface area contributed by atoms with Gasteiger partial charge in [0.15, 0.2) is 11.6 Å². The van der Waals surface area contributed by atoms with Crippen LogP contribution in [0.3, 0.4) is 0 Å². The maximum Gasteiger partial charge on any atom is 0.241 e. The number of primary sulfonamides is 1. The van der Waals surface area contributed by atoms with Crippen molar-refractivity contribution in [1.82, 2.24) is 0 Å². The standard InChI is InChI=1S/C12H15F2NO4S/c1-7-2-3-9(19-7)6-18-12-10(14)4-8(13)5-11(12)20(15,16)17/h4-5,7,9H,2-3,6H2,1H3,(H2,15,16,17). The summed E-state index contributed by atoms with van der Waals surface area (Å²) in [4.78, 5) is -0.707. The maximum absolute atomic E-state index is 13.7. The molecule has 2 unspecified atom stereocenters. The van der Waals surface area contributed by atoms with Crippen LogP contribution in [0.25, 0.3) is 0 Å². The lowest BCUT2D eigenvalue weighted by atomic mass is 10.2. The molecule has 1 fully saturated rings. The van der Waals surface area contributed by atoms with E-state index in [1.54, 1.807) is 0 Å². The largest absolute Gasteiger partial charge is 0.486 e. The van der Waals surface area contributed by atoms with E-state index in [2.05, 4.69) is 0 Å². The van der Waals surface area contributed by atoms with Crippen LogP contribution < -0.4 is 9.88 Å². The number of sulfonamides is 1. The minimum atomic E-state index is -4.28. The van der Waals surface area contributed by atoms with Crippen LogP contribution in [-0.2, 0) is 14.8 Å². The number of hydrogen-bond donors (Lipinski definition) is 1. The molecule has 112 valence electrons. The summed E-state index contributed by atoms with van der Waals surface area (Å²) in [5.41, 5.74) is 0. The van der Waals surface area contributed by atoms with E-state index >= 15 is 0 Å². The van der Waals surface area contributed by atoms with Gasteiger partial charge in [0.05, 0.1) is 12.2 Å². The Balaban J connectivity index is 2.22. The summed E-state index contributed by atoms with van der Waals surface area (Å²) < 4.78 is 60.1. The van der Waals surface area contributed by atoms with E-state index in [1.807, 2.05) is 6.92 Å². The lowest BCUT2D eigenvalue weighted by Gasteiger charge is -2.15. The second-order valence-electron chi connectivity index (χ2n) is 4.72. The Morgan fingerprint density at radius 3 is 2.65 bits per heavy atom.